The van der Waals surface area contributed by atoms with Gasteiger partial charge in [-0.05, 0) is 37.5 Å². The van der Waals surface area contributed by atoms with E-state index in [1.165, 1.54) is 6.33 Å². The van der Waals surface area contributed by atoms with Gasteiger partial charge in [0.2, 0.25) is 0 Å². The highest BCUT2D eigenvalue weighted by atomic mass is 35.5. The van der Waals surface area contributed by atoms with Crippen molar-refractivity contribution in [3.8, 4) is 0 Å². The van der Waals surface area contributed by atoms with Gasteiger partial charge in [0.15, 0.2) is 0 Å². The maximum atomic E-state index is 12.1. The molecule has 6 nitrogen and oxygen atoms in total. The van der Waals surface area contributed by atoms with Crippen molar-refractivity contribution in [3.05, 3.63) is 46.4 Å². The van der Waals surface area contributed by atoms with Crippen molar-refractivity contribution < 1.29 is 9.53 Å². The molecule has 0 radical (unpaired) electrons. The molecule has 0 unspecified atom stereocenters. The monoisotopic (exact) mass is 348 g/mol. The lowest BCUT2D eigenvalue weighted by Crippen LogP contribution is -2.26. The van der Waals surface area contributed by atoms with Crippen LogP contribution < -0.4 is 10.6 Å². The van der Waals surface area contributed by atoms with Crippen LogP contribution in [0.3, 0.4) is 0 Å². The molecule has 128 valence electrons. The number of hydrogen-bond donors (Lipinski definition) is 2. The van der Waals surface area contributed by atoms with Crippen LogP contribution in [0, 0.1) is 13.8 Å². The van der Waals surface area contributed by atoms with Crippen molar-refractivity contribution in [2.24, 2.45) is 0 Å². The third-order valence-corrected chi connectivity index (χ3v) is 3.69. The van der Waals surface area contributed by atoms with Crippen LogP contribution in [0.25, 0.3) is 0 Å². The van der Waals surface area contributed by atoms with Gasteiger partial charge in [0.1, 0.15) is 17.8 Å². The van der Waals surface area contributed by atoms with Gasteiger partial charge >= 0.3 is 0 Å². The lowest BCUT2D eigenvalue weighted by atomic mass is 10.1. The summed E-state index contributed by atoms with van der Waals surface area (Å²) >= 11 is 6.29. The Kier molecular flexibility index (Phi) is 6.52. The average Bonchev–Trinajstić information content (AvgIpc) is 2.55. The van der Waals surface area contributed by atoms with E-state index in [4.69, 9.17) is 16.3 Å². The number of rotatable bonds is 7. The number of anilines is 2. The smallest absolute Gasteiger partial charge is 0.270 e. The molecule has 2 rings (SSSR count). The maximum absolute atomic E-state index is 12.1. The van der Waals surface area contributed by atoms with Crippen molar-refractivity contribution >= 4 is 29.0 Å². The molecule has 0 aliphatic carbocycles. The van der Waals surface area contributed by atoms with Gasteiger partial charge in [-0.15, -0.1) is 0 Å². The largest absolute Gasteiger partial charge is 0.385 e. The fourth-order valence-corrected chi connectivity index (χ4v) is 2.63. The first-order valence-electron chi connectivity index (χ1n) is 7.64. The second-order valence-electron chi connectivity index (χ2n) is 5.45. The SMILES string of the molecule is COCCCNC(=O)c1cc(Nc2c(C)cc(C)cc2Cl)ncn1. The van der Waals surface area contributed by atoms with Crippen molar-refractivity contribution in [3.63, 3.8) is 0 Å². The highest BCUT2D eigenvalue weighted by molar-refractivity contribution is 6.33. The predicted molar refractivity (Wildman–Crippen MR) is 95.1 cm³/mol. The molecule has 0 spiro atoms. The molecule has 0 fully saturated rings. The first-order valence-corrected chi connectivity index (χ1v) is 8.02. The average molecular weight is 349 g/mol. The molecule has 0 saturated carbocycles. The summed E-state index contributed by atoms with van der Waals surface area (Å²) in [6.07, 6.45) is 2.10. The topological polar surface area (TPSA) is 76.1 Å². The Labute approximate surface area is 146 Å². The summed E-state index contributed by atoms with van der Waals surface area (Å²) in [5.74, 6) is 0.268. The molecule has 0 atom stereocenters. The summed E-state index contributed by atoms with van der Waals surface area (Å²) < 4.78 is 4.95. The summed E-state index contributed by atoms with van der Waals surface area (Å²) in [4.78, 5) is 20.3. The van der Waals surface area contributed by atoms with E-state index in [9.17, 15) is 4.79 Å². The standard InChI is InChI=1S/C17H21ClN4O2/c1-11-7-12(2)16(13(18)8-11)22-15-9-14(20-10-21-15)17(23)19-5-4-6-24-3/h7-10H,4-6H2,1-3H3,(H,19,23)(H,20,21,22). The summed E-state index contributed by atoms with van der Waals surface area (Å²) in [5, 5.41) is 6.56. The molecule has 2 N–H and O–H groups in total. The quantitative estimate of drug-likeness (QED) is 0.751. The summed E-state index contributed by atoms with van der Waals surface area (Å²) in [5.41, 5.74) is 3.16. The van der Waals surface area contributed by atoms with Crippen LogP contribution in [-0.4, -0.2) is 36.1 Å². The van der Waals surface area contributed by atoms with Crippen molar-refractivity contribution in [2.45, 2.75) is 20.3 Å². The molecule has 0 saturated heterocycles. The number of nitrogens with zero attached hydrogens (tertiary/aromatic N) is 2. The van der Waals surface area contributed by atoms with Gasteiger partial charge in [-0.3, -0.25) is 4.79 Å². The van der Waals surface area contributed by atoms with Crippen LogP contribution in [-0.2, 0) is 4.74 Å². The van der Waals surface area contributed by atoms with E-state index >= 15 is 0 Å². The van der Waals surface area contributed by atoms with E-state index in [-0.39, 0.29) is 5.91 Å². The van der Waals surface area contributed by atoms with Gasteiger partial charge < -0.3 is 15.4 Å². The normalized spacial score (nSPS) is 10.5. The third kappa shape index (κ3) is 4.91. The van der Waals surface area contributed by atoms with Crippen molar-refractivity contribution in [2.75, 3.05) is 25.6 Å². The van der Waals surface area contributed by atoms with Crippen LogP contribution in [0.4, 0.5) is 11.5 Å². The third-order valence-electron chi connectivity index (χ3n) is 3.40. The lowest BCUT2D eigenvalue weighted by Gasteiger charge is -2.12. The molecule has 0 bridgehead atoms. The molecule has 0 aliphatic rings. The van der Waals surface area contributed by atoms with Crippen LogP contribution in [0.15, 0.2) is 24.5 Å². The Hall–Kier alpha value is -2.18. The number of aryl methyl sites for hydroxylation is 2. The Bertz CT molecular complexity index is 698. The number of methoxy groups -OCH3 is 1. The molecule has 1 heterocycles. The number of halogens is 1. The van der Waals surface area contributed by atoms with Crippen LogP contribution in [0.2, 0.25) is 5.02 Å². The predicted octanol–water partition coefficient (Wildman–Crippen LogP) is 3.26. The Balaban J connectivity index is 2.09. The Morgan fingerprint density at radius 2 is 2.04 bits per heavy atom. The molecular weight excluding hydrogens is 328 g/mol. The summed E-state index contributed by atoms with van der Waals surface area (Å²) in [6.45, 7) is 5.08. The Morgan fingerprint density at radius 1 is 1.25 bits per heavy atom. The maximum Gasteiger partial charge on any atom is 0.270 e. The van der Waals surface area contributed by atoms with Crippen LogP contribution >= 0.6 is 11.6 Å². The molecule has 7 heteroatoms. The molecule has 1 aromatic heterocycles. The molecule has 2 aromatic rings. The van der Waals surface area contributed by atoms with Crippen LogP contribution in [0.1, 0.15) is 28.0 Å². The number of aromatic nitrogens is 2. The van der Waals surface area contributed by atoms with E-state index in [0.29, 0.717) is 29.7 Å². The molecule has 24 heavy (non-hydrogen) atoms. The minimum Gasteiger partial charge on any atom is -0.385 e. The van der Waals surface area contributed by atoms with E-state index in [1.54, 1.807) is 13.2 Å². The van der Waals surface area contributed by atoms with Crippen LogP contribution in [0.5, 0.6) is 0 Å². The van der Waals surface area contributed by atoms with E-state index < -0.39 is 0 Å². The zero-order valence-electron chi connectivity index (χ0n) is 14.0. The van der Waals surface area contributed by atoms with Gasteiger partial charge in [0.05, 0.1) is 10.7 Å². The van der Waals surface area contributed by atoms with Crippen molar-refractivity contribution in [1.82, 2.24) is 15.3 Å². The molecule has 1 aromatic carbocycles. The number of hydrogen-bond acceptors (Lipinski definition) is 5. The highest BCUT2D eigenvalue weighted by Crippen LogP contribution is 2.29. The lowest BCUT2D eigenvalue weighted by molar-refractivity contribution is 0.0943. The minimum atomic E-state index is -0.247. The highest BCUT2D eigenvalue weighted by Gasteiger charge is 2.10. The van der Waals surface area contributed by atoms with Gasteiger partial charge in [0, 0.05) is 26.3 Å². The second-order valence-corrected chi connectivity index (χ2v) is 5.86. The van der Waals surface area contributed by atoms with Gasteiger partial charge in [0.25, 0.3) is 5.91 Å². The second kappa shape index (κ2) is 8.61. The molecular formula is C17H21ClN4O2. The number of benzene rings is 1. The fourth-order valence-electron chi connectivity index (χ4n) is 2.26. The van der Waals surface area contributed by atoms with Gasteiger partial charge in [-0.2, -0.15) is 0 Å². The fraction of sp³-hybridized carbons (Fsp3) is 0.353. The summed E-state index contributed by atoms with van der Waals surface area (Å²) in [7, 11) is 1.63. The van der Waals surface area contributed by atoms with Crippen molar-refractivity contribution in [1.29, 1.82) is 0 Å². The Morgan fingerprint density at radius 3 is 2.75 bits per heavy atom. The first-order chi connectivity index (χ1) is 11.5. The number of nitrogens with one attached hydrogen (secondary N) is 2. The number of carbonyl (C=O) groups is 1. The van der Waals surface area contributed by atoms with E-state index in [0.717, 1.165) is 23.2 Å². The minimum absolute atomic E-state index is 0.247. The van der Waals surface area contributed by atoms with Gasteiger partial charge in [-0.1, -0.05) is 17.7 Å². The number of ether oxygens (including phenoxy) is 1. The van der Waals surface area contributed by atoms with E-state index in [2.05, 4.69) is 20.6 Å². The summed E-state index contributed by atoms with van der Waals surface area (Å²) in [6, 6.07) is 5.50. The number of carbonyl (C=O) groups excluding carboxylic acids is 1. The molecule has 0 aliphatic heterocycles. The number of amides is 1. The molecule has 1 amide bonds. The zero-order chi connectivity index (χ0) is 17.5. The first kappa shape index (κ1) is 18.2. The zero-order valence-corrected chi connectivity index (χ0v) is 14.8. The van der Waals surface area contributed by atoms with Gasteiger partial charge in [-0.25, -0.2) is 9.97 Å². The van der Waals surface area contributed by atoms with E-state index in [1.807, 2.05) is 26.0 Å².